The number of hydrogen-bond donors (Lipinski definition) is 1. The van der Waals surface area contributed by atoms with Crippen LogP contribution in [0.2, 0.25) is 0 Å². The highest BCUT2D eigenvalue weighted by Crippen LogP contribution is 2.15. The van der Waals surface area contributed by atoms with E-state index in [4.69, 9.17) is 0 Å². The van der Waals surface area contributed by atoms with Crippen LogP contribution in [0.25, 0.3) is 0 Å². The second-order valence-electron chi connectivity index (χ2n) is 7.15. The van der Waals surface area contributed by atoms with Crippen LogP contribution in [0.5, 0.6) is 0 Å². The van der Waals surface area contributed by atoms with E-state index < -0.39 is 15.6 Å². The quantitative estimate of drug-likeness (QED) is 0.650. The van der Waals surface area contributed by atoms with Crippen LogP contribution in [0.1, 0.15) is 40.0 Å². The number of carbonyl (C=O) groups is 1. The van der Waals surface area contributed by atoms with E-state index in [9.17, 15) is 18.0 Å². The molecule has 9 heteroatoms. The Kier molecular flexibility index (Phi) is 8.21. The van der Waals surface area contributed by atoms with Gasteiger partial charge in [-0.2, -0.15) is 4.31 Å². The highest BCUT2D eigenvalue weighted by atomic mass is 32.2. The third kappa shape index (κ3) is 5.65. The van der Waals surface area contributed by atoms with E-state index in [0.717, 1.165) is 17.7 Å². The molecule has 1 aliphatic rings. The van der Waals surface area contributed by atoms with Crippen molar-refractivity contribution >= 4 is 15.9 Å². The Bertz CT molecular complexity index is 817. The van der Waals surface area contributed by atoms with Crippen molar-refractivity contribution in [1.29, 1.82) is 0 Å². The molecule has 0 unspecified atom stereocenters. The molecule has 0 saturated carbocycles. The van der Waals surface area contributed by atoms with Crippen molar-refractivity contribution < 1.29 is 13.2 Å². The first kappa shape index (κ1) is 22.6. The first-order valence-corrected chi connectivity index (χ1v) is 11.4. The van der Waals surface area contributed by atoms with Crippen LogP contribution in [-0.2, 0) is 21.4 Å². The molecular formula is C19H32N4O4S. The molecule has 0 bridgehead atoms. The van der Waals surface area contributed by atoms with Crippen molar-refractivity contribution in [3.8, 4) is 0 Å². The number of amides is 1. The lowest BCUT2D eigenvalue weighted by Crippen LogP contribution is -2.43. The van der Waals surface area contributed by atoms with Gasteiger partial charge in [0.1, 0.15) is 6.54 Å². The summed E-state index contributed by atoms with van der Waals surface area (Å²) in [5, 5.41) is 2.83. The fourth-order valence-electron chi connectivity index (χ4n) is 3.54. The van der Waals surface area contributed by atoms with E-state index in [1.54, 1.807) is 13.8 Å². The van der Waals surface area contributed by atoms with Crippen molar-refractivity contribution in [3.05, 3.63) is 28.7 Å². The summed E-state index contributed by atoms with van der Waals surface area (Å²) in [6.07, 6.45) is 4.86. The third-order valence-electron chi connectivity index (χ3n) is 5.28. The number of pyridine rings is 1. The molecule has 0 radical (unpaired) electrons. The summed E-state index contributed by atoms with van der Waals surface area (Å²) < 4.78 is 27.7. The molecule has 28 heavy (non-hydrogen) atoms. The van der Waals surface area contributed by atoms with E-state index in [-0.39, 0.29) is 17.3 Å². The van der Waals surface area contributed by atoms with Crippen LogP contribution in [0.3, 0.4) is 0 Å². The molecular weight excluding hydrogens is 380 g/mol. The van der Waals surface area contributed by atoms with E-state index in [0.29, 0.717) is 25.7 Å². The first-order valence-electron chi connectivity index (χ1n) is 10.0. The fourth-order valence-corrected chi connectivity index (χ4v) is 5.02. The molecule has 1 aromatic rings. The summed E-state index contributed by atoms with van der Waals surface area (Å²) in [5.74, 6) is -0.302. The molecule has 1 atom stereocenters. The van der Waals surface area contributed by atoms with E-state index in [2.05, 4.69) is 17.1 Å². The number of sulfonamides is 1. The summed E-state index contributed by atoms with van der Waals surface area (Å²) >= 11 is 0. The van der Waals surface area contributed by atoms with Crippen LogP contribution in [-0.4, -0.2) is 66.9 Å². The Labute approximate surface area is 167 Å². The molecule has 2 heterocycles. The molecule has 0 aromatic carbocycles. The smallest absolute Gasteiger partial charge is 0.251 e. The van der Waals surface area contributed by atoms with Gasteiger partial charge in [-0.05, 0) is 32.4 Å². The maximum absolute atomic E-state index is 12.6. The van der Waals surface area contributed by atoms with Crippen molar-refractivity contribution in [1.82, 2.24) is 19.1 Å². The van der Waals surface area contributed by atoms with Crippen LogP contribution in [0.15, 0.2) is 28.0 Å². The SMILES string of the molecule is CCN(CC)S(=O)(=O)c1ccc(=O)n(CC(=O)NCCN2CCCC[C@H]2C)c1. The molecule has 1 N–H and O–H groups in total. The van der Waals surface area contributed by atoms with Gasteiger partial charge in [-0.1, -0.05) is 20.3 Å². The van der Waals surface area contributed by atoms with Crippen molar-refractivity contribution in [2.75, 3.05) is 32.7 Å². The van der Waals surface area contributed by atoms with Crippen LogP contribution in [0, 0.1) is 0 Å². The van der Waals surface area contributed by atoms with Gasteiger partial charge >= 0.3 is 0 Å². The van der Waals surface area contributed by atoms with E-state index >= 15 is 0 Å². The van der Waals surface area contributed by atoms with Crippen LogP contribution >= 0.6 is 0 Å². The van der Waals surface area contributed by atoms with Crippen LogP contribution < -0.4 is 10.9 Å². The van der Waals surface area contributed by atoms with E-state index in [1.807, 2.05) is 0 Å². The Morgan fingerprint density at radius 3 is 2.61 bits per heavy atom. The number of rotatable bonds is 9. The van der Waals surface area contributed by atoms with Gasteiger partial charge in [0.05, 0.1) is 4.90 Å². The van der Waals surface area contributed by atoms with Crippen molar-refractivity contribution in [2.45, 2.75) is 57.5 Å². The zero-order valence-corrected chi connectivity index (χ0v) is 17.9. The van der Waals surface area contributed by atoms with Gasteiger partial charge < -0.3 is 9.88 Å². The normalized spacial score (nSPS) is 18.4. The predicted octanol–water partition coefficient (Wildman–Crippen LogP) is 0.869. The van der Waals surface area contributed by atoms with Gasteiger partial charge in [0, 0.05) is 44.5 Å². The number of piperidine rings is 1. The summed E-state index contributed by atoms with van der Waals surface area (Å²) in [6, 6.07) is 3.01. The van der Waals surface area contributed by atoms with Crippen molar-refractivity contribution in [3.63, 3.8) is 0 Å². The standard InChI is InChI=1S/C19H32N4O4S/c1-4-23(5-2)28(26,27)17-9-10-19(25)22(14-17)15-18(24)20-11-13-21-12-7-6-8-16(21)3/h9-10,14,16H,4-8,11-13,15H2,1-3H3,(H,20,24)/t16-/m1/s1. The zero-order valence-electron chi connectivity index (χ0n) is 17.1. The molecule has 1 aromatic heterocycles. The fraction of sp³-hybridized carbons (Fsp3) is 0.684. The minimum Gasteiger partial charge on any atom is -0.353 e. The largest absolute Gasteiger partial charge is 0.353 e. The summed E-state index contributed by atoms with van der Waals surface area (Å²) in [6.45, 7) is 8.52. The summed E-state index contributed by atoms with van der Waals surface area (Å²) in [7, 11) is -3.68. The molecule has 1 aliphatic heterocycles. The number of carbonyl (C=O) groups excluding carboxylic acids is 1. The lowest BCUT2D eigenvalue weighted by atomic mass is 10.0. The maximum Gasteiger partial charge on any atom is 0.251 e. The Morgan fingerprint density at radius 2 is 1.96 bits per heavy atom. The molecule has 1 saturated heterocycles. The third-order valence-corrected chi connectivity index (χ3v) is 7.31. The lowest BCUT2D eigenvalue weighted by Gasteiger charge is -2.33. The first-order chi connectivity index (χ1) is 13.3. The van der Waals surface area contributed by atoms with E-state index in [1.165, 1.54) is 41.9 Å². The molecule has 8 nitrogen and oxygen atoms in total. The van der Waals surface area contributed by atoms with Gasteiger partial charge in [-0.15, -0.1) is 0 Å². The second kappa shape index (κ2) is 10.2. The average Bonchev–Trinajstić information content (AvgIpc) is 2.65. The lowest BCUT2D eigenvalue weighted by molar-refractivity contribution is -0.121. The highest BCUT2D eigenvalue weighted by molar-refractivity contribution is 7.89. The number of hydrogen-bond acceptors (Lipinski definition) is 5. The highest BCUT2D eigenvalue weighted by Gasteiger charge is 2.23. The zero-order chi connectivity index (χ0) is 20.7. The molecule has 1 amide bonds. The minimum absolute atomic E-state index is 0.0192. The Morgan fingerprint density at radius 1 is 1.25 bits per heavy atom. The summed E-state index contributed by atoms with van der Waals surface area (Å²) in [5.41, 5.74) is -0.404. The van der Waals surface area contributed by atoms with Gasteiger partial charge in [0.15, 0.2) is 0 Å². The van der Waals surface area contributed by atoms with Crippen molar-refractivity contribution in [2.24, 2.45) is 0 Å². The number of nitrogens with one attached hydrogen (secondary N) is 1. The average molecular weight is 413 g/mol. The minimum atomic E-state index is -3.68. The Balaban J connectivity index is 1.99. The van der Waals surface area contributed by atoms with Crippen LogP contribution in [0.4, 0.5) is 0 Å². The second-order valence-corrected chi connectivity index (χ2v) is 9.09. The molecule has 1 fully saturated rings. The molecule has 0 spiro atoms. The van der Waals surface area contributed by atoms with Gasteiger partial charge in [-0.25, -0.2) is 8.42 Å². The molecule has 158 valence electrons. The van der Waals surface area contributed by atoms with Gasteiger partial charge in [0.25, 0.3) is 5.56 Å². The predicted molar refractivity (Wildman–Crippen MR) is 109 cm³/mol. The number of aromatic nitrogens is 1. The summed E-state index contributed by atoms with van der Waals surface area (Å²) in [4.78, 5) is 26.7. The monoisotopic (exact) mass is 412 g/mol. The Hall–Kier alpha value is -1.71. The molecule has 0 aliphatic carbocycles. The van der Waals surface area contributed by atoms with Gasteiger partial charge in [0.2, 0.25) is 15.9 Å². The molecule has 2 rings (SSSR count). The van der Waals surface area contributed by atoms with Gasteiger partial charge in [-0.3, -0.25) is 14.5 Å². The number of nitrogens with zero attached hydrogens (tertiary/aromatic N) is 3. The number of likely N-dealkylation sites (tertiary alicyclic amines) is 1. The maximum atomic E-state index is 12.6. The topological polar surface area (TPSA) is 91.7 Å².